The molecule has 4 aliphatic carbocycles. The summed E-state index contributed by atoms with van der Waals surface area (Å²) in [5.41, 5.74) is -0.790. The van der Waals surface area contributed by atoms with Gasteiger partial charge in [0.2, 0.25) is 0 Å². The van der Waals surface area contributed by atoms with Crippen molar-refractivity contribution in [1.29, 1.82) is 0 Å². The van der Waals surface area contributed by atoms with E-state index in [1.807, 2.05) is 34.6 Å². The number of aliphatic hydroxyl groups is 3. The summed E-state index contributed by atoms with van der Waals surface area (Å²) in [6, 6.07) is 0. The molecule has 4 rings (SSSR count). The maximum absolute atomic E-state index is 14.1. The summed E-state index contributed by atoms with van der Waals surface area (Å²) in [5, 5.41) is 34.1. The minimum atomic E-state index is -0.847. The molecule has 3 N–H and O–H groups in total. The van der Waals surface area contributed by atoms with Crippen LogP contribution in [0.4, 0.5) is 0 Å². The van der Waals surface area contributed by atoms with Gasteiger partial charge in [-0.1, -0.05) is 48.5 Å². The third-order valence-corrected chi connectivity index (χ3v) is 11.9. The topological polar surface area (TPSA) is 112 Å². The second kappa shape index (κ2) is 9.38. The Hall–Kier alpha value is -1.37. The molecule has 0 bridgehead atoms. The van der Waals surface area contributed by atoms with E-state index in [4.69, 9.17) is 0 Å². The lowest BCUT2D eigenvalue weighted by atomic mass is 9.42. The van der Waals surface area contributed by atoms with Gasteiger partial charge in [-0.2, -0.15) is 0 Å². The van der Waals surface area contributed by atoms with Crippen LogP contribution in [0.3, 0.4) is 0 Å². The number of fused-ring (bicyclic) bond motifs is 4. The first-order valence-corrected chi connectivity index (χ1v) is 14.3. The molecule has 0 amide bonds. The molecule has 10 atom stereocenters. The lowest BCUT2D eigenvalue weighted by molar-refractivity contribution is -0.140. The van der Waals surface area contributed by atoms with Crippen LogP contribution in [0.25, 0.3) is 0 Å². The van der Waals surface area contributed by atoms with E-state index in [2.05, 4.69) is 13.8 Å². The second-order valence-corrected chi connectivity index (χ2v) is 14.4. The molecule has 6 nitrogen and oxygen atoms in total. The third kappa shape index (κ3) is 4.03. The van der Waals surface area contributed by atoms with Crippen molar-refractivity contribution in [1.82, 2.24) is 0 Å². The summed E-state index contributed by atoms with van der Waals surface area (Å²) >= 11 is 0. The lowest BCUT2D eigenvalue weighted by Crippen LogP contribution is -2.61. The van der Waals surface area contributed by atoms with Crippen molar-refractivity contribution in [2.75, 3.05) is 0 Å². The van der Waals surface area contributed by atoms with Crippen molar-refractivity contribution in [3.63, 3.8) is 0 Å². The first kappa shape index (κ1) is 28.6. The van der Waals surface area contributed by atoms with Crippen molar-refractivity contribution in [2.24, 2.45) is 45.3 Å². The lowest BCUT2D eigenvalue weighted by Gasteiger charge is -2.62. The molecule has 0 aromatic heterocycles. The van der Waals surface area contributed by atoms with Gasteiger partial charge in [0.25, 0.3) is 0 Å². The standard InChI is InChI=1S/C31H48O6/c1-17(9-11-32)12-19(33)13-18(2)20-14-25(37)31(7)27-21(34)15-23-28(3,4)24(36)8-10-29(23,5)26(27)22(35)16-30(20,31)6/h11,17-18,20-21,23-25,34,36-37H,8-10,12-16H2,1-7H3/t17-,18-,20-,21+,23+,24+,25+,29+,30-,31+/m1/s1. The van der Waals surface area contributed by atoms with Crippen LogP contribution in [0.5, 0.6) is 0 Å². The molecule has 0 aromatic rings. The Bertz CT molecular complexity index is 998. The molecule has 0 heterocycles. The normalized spacial score (nSPS) is 44.5. The van der Waals surface area contributed by atoms with E-state index in [1.54, 1.807) is 0 Å². The summed E-state index contributed by atoms with van der Waals surface area (Å²) in [7, 11) is 0. The van der Waals surface area contributed by atoms with E-state index in [1.165, 1.54) is 0 Å². The number of aldehydes is 1. The van der Waals surface area contributed by atoms with Gasteiger partial charge in [0.1, 0.15) is 12.1 Å². The van der Waals surface area contributed by atoms with E-state index < -0.39 is 40.0 Å². The summed E-state index contributed by atoms with van der Waals surface area (Å²) < 4.78 is 0. The molecule has 6 heteroatoms. The number of carbonyl (C=O) groups is 3. The van der Waals surface area contributed by atoms with Gasteiger partial charge >= 0.3 is 0 Å². The maximum atomic E-state index is 14.1. The van der Waals surface area contributed by atoms with Crippen molar-refractivity contribution < 1.29 is 29.7 Å². The van der Waals surface area contributed by atoms with Gasteiger partial charge in [-0.05, 0) is 71.2 Å². The Morgan fingerprint density at radius 2 is 1.68 bits per heavy atom. The SMILES string of the molecule is C[C@H](CC=O)CC(=O)C[C@@H](C)[C@H]1C[C@H](O)[C@@]2(C)C3=C(C(=O)C[C@]12C)[C@@]1(C)CC[C@H](O)C(C)(C)[C@@H]1C[C@@H]3O. The van der Waals surface area contributed by atoms with Crippen LogP contribution in [0.2, 0.25) is 0 Å². The zero-order chi connectivity index (χ0) is 27.7. The van der Waals surface area contributed by atoms with E-state index in [0.29, 0.717) is 56.9 Å². The van der Waals surface area contributed by atoms with Crippen LogP contribution in [-0.2, 0) is 14.4 Å². The molecule has 2 fully saturated rings. The van der Waals surface area contributed by atoms with Crippen LogP contribution in [0.1, 0.15) is 99.8 Å². The predicted molar refractivity (Wildman–Crippen MR) is 141 cm³/mol. The molecule has 0 unspecified atom stereocenters. The summed E-state index contributed by atoms with van der Waals surface area (Å²) in [6.07, 6.45) is 2.47. The van der Waals surface area contributed by atoms with Crippen LogP contribution in [0, 0.1) is 45.3 Å². The zero-order valence-electron chi connectivity index (χ0n) is 23.8. The number of hydrogen-bond donors (Lipinski definition) is 3. The van der Waals surface area contributed by atoms with Crippen molar-refractivity contribution >= 4 is 17.9 Å². The average Bonchev–Trinajstić information content (AvgIpc) is 2.99. The molecule has 37 heavy (non-hydrogen) atoms. The van der Waals surface area contributed by atoms with Gasteiger partial charge in [-0.25, -0.2) is 0 Å². The van der Waals surface area contributed by atoms with Crippen molar-refractivity contribution in [3.8, 4) is 0 Å². The van der Waals surface area contributed by atoms with Gasteiger partial charge in [-0.3, -0.25) is 9.59 Å². The molecule has 0 radical (unpaired) electrons. The fourth-order valence-electron chi connectivity index (χ4n) is 9.60. The van der Waals surface area contributed by atoms with E-state index >= 15 is 0 Å². The molecule has 0 spiro atoms. The Labute approximate surface area is 222 Å². The Morgan fingerprint density at radius 1 is 1.03 bits per heavy atom. The van der Waals surface area contributed by atoms with E-state index in [9.17, 15) is 29.7 Å². The number of aliphatic hydroxyl groups excluding tert-OH is 3. The average molecular weight is 517 g/mol. The Balaban J connectivity index is 1.72. The number of Topliss-reactive ketones (excluding diaryl/α,β-unsaturated/α-hetero) is 2. The predicted octanol–water partition coefficient (Wildman–Crippen LogP) is 4.43. The van der Waals surface area contributed by atoms with E-state index in [-0.39, 0.29) is 35.2 Å². The quantitative estimate of drug-likeness (QED) is 0.432. The van der Waals surface area contributed by atoms with Crippen molar-refractivity contribution in [2.45, 2.75) is 118 Å². The molecular weight excluding hydrogens is 468 g/mol. The molecule has 208 valence electrons. The van der Waals surface area contributed by atoms with Gasteiger partial charge in [0.15, 0.2) is 5.78 Å². The number of allylic oxidation sites excluding steroid dienone is 1. The maximum Gasteiger partial charge on any atom is 0.160 e. The highest BCUT2D eigenvalue weighted by atomic mass is 16.3. The fraction of sp³-hybridized carbons (Fsp3) is 0.839. The molecule has 0 aromatic carbocycles. The Morgan fingerprint density at radius 3 is 2.30 bits per heavy atom. The largest absolute Gasteiger partial charge is 0.393 e. The van der Waals surface area contributed by atoms with Crippen LogP contribution < -0.4 is 0 Å². The minimum absolute atomic E-state index is 0.0144. The highest BCUT2D eigenvalue weighted by molar-refractivity contribution is 6.00. The second-order valence-electron chi connectivity index (χ2n) is 14.4. The number of rotatable bonds is 7. The Kier molecular flexibility index (Phi) is 7.26. The summed E-state index contributed by atoms with van der Waals surface area (Å²) in [4.78, 5) is 37.8. The summed E-state index contributed by atoms with van der Waals surface area (Å²) in [5.74, 6) is 0.0878. The van der Waals surface area contributed by atoms with Crippen LogP contribution in [-0.4, -0.2) is 51.5 Å². The van der Waals surface area contributed by atoms with Gasteiger partial charge in [-0.15, -0.1) is 0 Å². The molecule has 4 aliphatic rings. The molecule has 0 saturated heterocycles. The fourth-order valence-corrected chi connectivity index (χ4v) is 9.60. The molecule has 0 aliphatic heterocycles. The number of hydrogen-bond acceptors (Lipinski definition) is 6. The minimum Gasteiger partial charge on any atom is -0.393 e. The summed E-state index contributed by atoms with van der Waals surface area (Å²) in [6.45, 7) is 14.3. The van der Waals surface area contributed by atoms with Crippen molar-refractivity contribution in [3.05, 3.63) is 11.1 Å². The first-order chi connectivity index (χ1) is 17.1. The highest BCUT2D eigenvalue weighted by Gasteiger charge is 2.70. The number of ketones is 2. The molecule has 2 saturated carbocycles. The highest BCUT2D eigenvalue weighted by Crippen LogP contribution is 2.71. The van der Waals surface area contributed by atoms with Crippen LogP contribution >= 0.6 is 0 Å². The third-order valence-electron chi connectivity index (χ3n) is 11.9. The van der Waals surface area contributed by atoms with Gasteiger partial charge < -0.3 is 20.1 Å². The molecular formula is C31H48O6. The van der Waals surface area contributed by atoms with Crippen LogP contribution in [0.15, 0.2) is 11.1 Å². The number of carbonyl (C=O) groups excluding carboxylic acids is 3. The monoisotopic (exact) mass is 516 g/mol. The zero-order valence-corrected chi connectivity index (χ0v) is 23.8. The smallest absolute Gasteiger partial charge is 0.160 e. The first-order valence-electron chi connectivity index (χ1n) is 14.3. The van der Waals surface area contributed by atoms with Gasteiger partial charge in [0.05, 0.1) is 18.3 Å². The van der Waals surface area contributed by atoms with E-state index in [0.717, 1.165) is 11.9 Å². The van der Waals surface area contributed by atoms with Gasteiger partial charge in [0, 0.05) is 36.7 Å².